The van der Waals surface area contributed by atoms with Gasteiger partial charge in [0.25, 0.3) is 5.91 Å². The van der Waals surface area contributed by atoms with Gasteiger partial charge >= 0.3 is 0 Å². The molecule has 7 heteroatoms. The third kappa shape index (κ3) is 5.41. The number of aryl methyl sites for hydroxylation is 1. The number of allylic oxidation sites excluding steroid dienone is 1. The second-order valence-electron chi connectivity index (χ2n) is 8.89. The molecule has 0 saturated heterocycles. The summed E-state index contributed by atoms with van der Waals surface area (Å²) in [5, 5.41) is 0.361. The van der Waals surface area contributed by atoms with E-state index in [4.69, 9.17) is 13.0 Å². The van der Waals surface area contributed by atoms with Crippen LogP contribution in [-0.2, 0) is 18.4 Å². The normalized spacial score (nSPS) is 12.4. The molecule has 2 heterocycles. The second-order valence-corrected chi connectivity index (χ2v) is 9.29. The Labute approximate surface area is 227 Å². The van der Waals surface area contributed by atoms with Crippen LogP contribution in [0.25, 0.3) is 28.2 Å². The minimum Gasteiger partial charge on any atom is -0.334 e. The zero-order valence-electron chi connectivity index (χ0n) is 21.9. The highest BCUT2D eigenvalue weighted by Crippen LogP contribution is 2.30. The van der Waals surface area contributed by atoms with E-state index in [0.717, 1.165) is 22.2 Å². The van der Waals surface area contributed by atoms with E-state index in [9.17, 15) is 9.59 Å². The molecule has 0 radical (unpaired) electrons. The van der Waals surface area contributed by atoms with E-state index in [0.29, 0.717) is 27.4 Å². The van der Waals surface area contributed by atoms with Crippen molar-refractivity contribution < 1.29 is 11.0 Å². The highest BCUT2D eigenvalue weighted by atomic mass is 35.5. The number of amides is 1. The van der Waals surface area contributed by atoms with E-state index in [1.54, 1.807) is 61.1 Å². The van der Waals surface area contributed by atoms with Gasteiger partial charge in [0.2, 0.25) is 0 Å². The van der Waals surface area contributed by atoms with Crippen LogP contribution >= 0.6 is 11.6 Å². The minimum atomic E-state index is -1.16. The lowest BCUT2D eigenvalue weighted by molar-refractivity contribution is -0.112. The third-order valence-corrected chi connectivity index (χ3v) is 6.43. The summed E-state index contributed by atoms with van der Waals surface area (Å²) in [5.41, 5.74) is 5.66. The number of nitrogens with zero attached hydrogens (tertiary/aromatic N) is 4. The maximum atomic E-state index is 13.7. The van der Waals surface area contributed by atoms with Crippen molar-refractivity contribution >= 4 is 46.1 Å². The first-order valence-electron chi connectivity index (χ1n) is 12.5. The van der Waals surface area contributed by atoms with E-state index >= 15 is 0 Å². The maximum Gasteiger partial charge on any atom is 0.258 e. The van der Waals surface area contributed by atoms with E-state index in [1.807, 2.05) is 41.9 Å². The van der Waals surface area contributed by atoms with Gasteiger partial charge < -0.3 is 9.47 Å². The van der Waals surface area contributed by atoms with Gasteiger partial charge in [-0.15, -0.1) is 0 Å². The summed E-state index contributed by atoms with van der Waals surface area (Å²) in [7, 11) is 1.95. The number of ketones is 1. The zero-order chi connectivity index (χ0) is 27.5. The Kier molecular flexibility index (Phi) is 6.79. The number of aromatic nitrogens is 3. The van der Waals surface area contributed by atoms with Crippen molar-refractivity contribution in [1.82, 2.24) is 14.5 Å². The number of benzene rings is 3. The number of carbonyl (C=O) groups excluding carboxylic acids is 2. The van der Waals surface area contributed by atoms with Crippen LogP contribution in [0.3, 0.4) is 0 Å². The highest BCUT2D eigenvalue weighted by Gasteiger charge is 2.20. The van der Waals surface area contributed by atoms with Crippen LogP contribution in [-0.4, -0.2) is 26.2 Å². The number of rotatable bonds is 7. The quantitative estimate of drug-likeness (QED) is 0.222. The van der Waals surface area contributed by atoms with Gasteiger partial charge in [-0.25, -0.2) is 4.98 Å². The van der Waals surface area contributed by atoms with Gasteiger partial charge in [0.1, 0.15) is 0 Å². The van der Waals surface area contributed by atoms with Crippen molar-refractivity contribution in [3.05, 3.63) is 119 Å². The number of imidazole rings is 1. The fraction of sp³-hybridized carbons (Fsp3) is 0.0968. The lowest BCUT2D eigenvalue weighted by Gasteiger charge is -2.24. The molecule has 5 rings (SSSR count). The molecule has 0 fully saturated rings. The molecule has 2 aromatic heterocycles. The molecular formula is C31H25ClN4O2. The topological polar surface area (TPSA) is 68.1 Å². The number of anilines is 1. The van der Waals surface area contributed by atoms with Crippen molar-refractivity contribution in [3.8, 4) is 11.1 Å². The first-order chi connectivity index (χ1) is 18.8. The van der Waals surface area contributed by atoms with Gasteiger partial charge in [-0.3, -0.25) is 14.6 Å². The molecule has 1 atom stereocenters. The molecule has 0 aliphatic heterocycles. The van der Waals surface area contributed by atoms with Crippen LogP contribution in [0, 0.1) is 0 Å². The van der Waals surface area contributed by atoms with Gasteiger partial charge in [0.05, 0.1) is 37.1 Å². The van der Waals surface area contributed by atoms with Crippen molar-refractivity contribution in [2.45, 2.75) is 13.4 Å². The van der Waals surface area contributed by atoms with Gasteiger partial charge in [-0.2, -0.15) is 0 Å². The van der Waals surface area contributed by atoms with E-state index in [-0.39, 0.29) is 11.7 Å². The van der Waals surface area contributed by atoms with Crippen LogP contribution in [0.5, 0.6) is 0 Å². The molecule has 5 aromatic rings. The average Bonchev–Trinajstić information content (AvgIpc) is 3.32. The lowest BCUT2D eigenvalue weighted by atomic mass is 10.0. The molecule has 38 heavy (non-hydrogen) atoms. The van der Waals surface area contributed by atoms with Gasteiger partial charge in [-0.05, 0) is 77.7 Å². The molecular weight excluding hydrogens is 496 g/mol. The summed E-state index contributed by atoms with van der Waals surface area (Å²) < 4.78 is 11.1. The number of pyridine rings is 1. The molecule has 188 valence electrons. The number of hydrogen-bond donors (Lipinski definition) is 0. The molecule has 1 unspecified atom stereocenters. The first-order valence-corrected chi connectivity index (χ1v) is 12.3. The van der Waals surface area contributed by atoms with Crippen LogP contribution in [0.1, 0.15) is 29.8 Å². The van der Waals surface area contributed by atoms with E-state index < -0.39 is 6.52 Å². The Morgan fingerprint density at radius 2 is 1.79 bits per heavy atom. The lowest BCUT2D eigenvalue weighted by Crippen LogP contribution is -2.30. The Morgan fingerprint density at radius 1 is 1.03 bits per heavy atom. The van der Waals surface area contributed by atoms with E-state index in [1.165, 1.54) is 24.1 Å². The van der Waals surface area contributed by atoms with Gasteiger partial charge in [-0.1, -0.05) is 48.0 Å². The number of fused-ring (bicyclic) bond motifs is 1. The largest absolute Gasteiger partial charge is 0.334 e. The van der Waals surface area contributed by atoms with Crippen molar-refractivity contribution in [2.75, 3.05) is 4.90 Å². The second kappa shape index (κ2) is 10.8. The smallest absolute Gasteiger partial charge is 0.258 e. The Bertz CT molecular complexity index is 1710. The Balaban J connectivity index is 1.54. The molecule has 0 bridgehead atoms. The monoisotopic (exact) mass is 521 g/mol. The molecule has 3 aromatic carbocycles. The predicted octanol–water partition coefficient (Wildman–Crippen LogP) is 6.74. The van der Waals surface area contributed by atoms with Gasteiger partial charge in [0, 0.05) is 23.8 Å². The predicted molar refractivity (Wildman–Crippen MR) is 152 cm³/mol. The Hall–Kier alpha value is -4.55. The third-order valence-electron chi connectivity index (χ3n) is 6.10. The molecule has 0 aliphatic rings. The highest BCUT2D eigenvalue weighted by molar-refractivity contribution is 6.31. The Morgan fingerprint density at radius 3 is 2.55 bits per heavy atom. The number of halogens is 1. The molecule has 6 nitrogen and oxygen atoms in total. The maximum absolute atomic E-state index is 13.7. The van der Waals surface area contributed by atoms with Crippen LogP contribution < -0.4 is 4.90 Å². The first kappa shape index (κ1) is 23.8. The summed E-state index contributed by atoms with van der Waals surface area (Å²) >= 11 is 6.75. The molecule has 0 saturated carbocycles. The number of carbonyl (C=O) groups is 2. The summed E-state index contributed by atoms with van der Waals surface area (Å²) in [4.78, 5) is 35.2. The minimum absolute atomic E-state index is 0.106. The van der Waals surface area contributed by atoms with Crippen LogP contribution in [0.4, 0.5) is 5.69 Å². The summed E-state index contributed by atoms with van der Waals surface area (Å²) in [6, 6.07) is 22.0. The molecule has 1 amide bonds. The van der Waals surface area contributed by atoms with Crippen molar-refractivity contribution in [1.29, 1.82) is 0 Å². The summed E-state index contributed by atoms with van der Waals surface area (Å²) in [6.45, 7) is 0.297. The van der Waals surface area contributed by atoms with Crippen molar-refractivity contribution in [2.24, 2.45) is 7.05 Å². The standard InChI is InChI=1S/C31H25ClN4O2/c1-21(37)8-9-22-14-27(18-33-17-22)36(31(38)23-6-4-3-5-7-23)19-26-11-10-24(15-28(26)32)25-12-13-30-29(16-25)34-20-35(30)2/h3-18,20H,19H2,1-2H3/b9-8+/i19D. The fourth-order valence-electron chi connectivity index (χ4n) is 4.12. The number of hydrogen-bond acceptors (Lipinski definition) is 4. The molecule has 0 spiro atoms. The van der Waals surface area contributed by atoms with Crippen molar-refractivity contribution in [3.63, 3.8) is 0 Å². The molecule has 0 N–H and O–H groups in total. The zero-order valence-corrected chi connectivity index (χ0v) is 21.6. The summed E-state index contributed by atoms with van der Waals surface area (Å²) in [6.07, 6.45) is 7.95. The summed E-state index contributed by atoms with van der Waals surface area (Å²) in [5.74, 6) is -0.476. The van der Waals surface area contributed by atoms with E-state index in [2.05, 4.69) is 9.97 Å². The van der Waals surface area contributed by atoms with Crippen LogP contribution in [0.15, 0.2) is 97.6 Å². The van der Waals surface area contributed by atoms with Gasteiger partial charge in [0.15, 0.2) is 5.78 Å². The fourth-order valence-corrected chi connectivity index (χ4v) is 4.35. The van der Waals surface area contributed by atoms with Crippen LogP contribution in [0.2, 0.25) is 5.02 Å². The SMILES string of the molecule is [2H]C(c1ccc(-c2ccc3c(c2)ncn3C)cc1Cl)N(C(=O)c1ccccc1)c1cncc(/C=C/C(C)=O)c1. The average molecular weight is 522 g/mol. The molecule has 0 aliphatic carbocycles.